The topological polar surface area (TPSA) is 37.4 Å². The van der Waals surface area contributed by atoms with Crippen molar-refractivity contribution in [1.82, 2.24) is 0 Å². The van der Waals surface area contributed by atoms with E-state index in [1.165, 1.54) is 30.3 Å². The summed E-state index contributed by atoms with van der Waals surface area (Å²) in [4.78, 5) is -0.0594. The lowest BCUT2D eigenvalue weighted by Crippen LogP contribution is -2.30. The molecule has 0 atom stereocenters. The Hall–Kier alpha value is -2.73. The molecule has 0 radical (unpaired) electrons. The molecule has 0 bridgehead atoms. The average molecular weight is 373 g/mol. The molecule has 0 spiro atoms. The molecule has 3 nitrogen and oxygen atoms in total. The zero-order valence-electron chi connectivity index (χ0n) is 14.1. The van der Waals surface area contributed by atoms with Crippen LogP contribution in [0.25, 0.3) is 0 Å². The fourth-order valence-corrected chi connectivity index (χ4v) is 4.10. The van der Waals surface area contributed by atoms with E-state index in [0.29, 0.717) is 0 Å². The van der Waals surface area contributed by atoms with Gasteiger partial charge < -0.3 is 0 Å². The standard InChI is InChI=1S/C20H17F2NO2S/c1-15-4-2-5-16(12-15)14-23(19-7-3-6-18(22)13-19)26(24,25)20-10-8-17(21)9-11-20/h2-13H,14H2,1H3. The maximum Gasteiger partial charge on any atom is 0.264 e. The van der Waals surface area contributed by atoms with Gasteiger partial charge in [0.05, 0.1) is 17.1 Å². The summed E-state index contributed by atoms with van der Waals surface area (Å²) in [6, 6.07) is 17.4. The van der Waals surface area contributed by atoms with E-state index in [1.807, 2.05) is 25.1 Å². The Balaban J connectivity index is 2.09. The van der Waals surface area contributed by atoms with Gasteiger partial charge in [-0.15, -0.1) is 0 Å². The Morgan fingerprint density at radius 2 is 1.54 bits per heavy atom. The Morgan fingerprint density at radius 1 is 0.846 bits per heavy atom. The van der Waals surface area contributed by atoms with E-state index < -0.39 is 21.7 Å². The number of halogens is 2. The summed E-state index contributed by atoms with van der Waals surface area (Å²) in [6.45, 7) is 1.94. The third-order valence-electron chi connectivity index (χ3n) is 3.91. The molecule has 0 saturated heterocycles. The van der Waals surface area contributed by atoms with Crippen LogP contribution in [0.4, 0.5) is 14.5 Å². The second-order valence-corrected chi connectivity index (χ2v) is 7.80. The van der Waals surface area contributed by atoms with Crippen molar-refractivity contribution in [3.63, 3.8) is 0 Å². The van der Waals surface area contributed by atoms with Gasteiger partial charge in [0.15, 0.2) is 0 Å². The van der Waals surface area contributed by atoms with Crippen LogP contribution in [0.15, 0.2) is 77.7 Å². The maximum absolute atomic E-state index is 13.7. The van der Waals surface area contributed by atoms with Crippen molar-refractivity contribution >= 4 is 15.7 Å². The fraction of sp³-hybridized carbons (Fsp3) is 0.100. The van der Waals surface area contributed by atoms with E-state index in [-0.39, 0.29) is 17.1 Å². The lowest BCUT2D eigenvalue weighted by atomic mass is 10.1. The quantitative estimate of drug-likeness (QED) is 0.652. The van der Waals surface area contributed by atoms with E-state index in [1.54, 1.807) is 6.07 Å². The second-order valence-electron chi connectivity index (χ2n) is 5.93. The van der Waals surface area contributed by atoms with E-state index in [2.05, 4.69) is 0 Å². The summed E-state index contributed by atoms with van der Waals surface area (Å²) < 4.78 is 54.3. The van der Waals surface area contributed by atoms with Gasteiger partial charge in [-0.25, -0.2) is 17.2 Å². The van der Waals surface area contributed by atoms with Crippen LogP contribution in [-0.4, -0.2) is 8.42 Å². The number of hydrogen-bond donors (Lipinski definition) is 0. The van der Waals surface area contributed by atoms with Crippen molar-refractivity contribution in [3.8, 4) is 0 Å². The zero-order valence-corrected chi connectivity index (χ0v) is 14.9. The lowest BCUT2D eigenvalue weighted by molar-refractivity contribution is 0.588. The first-order valence-electron chi connectivity index (χ1n) is 7.96. The molecule has 6 heteroatoms. The predicted molar refractivity (Wildman–Crippen MR) is 97.3 cm³/mol. The molecule has 0 N–H and O–H groups in total. The summed E-state index contributed by atoms with van der Waals surface area (Å²) in [5.74, 6) is -1.06. The summed E-state index contributed by atoms with van der Waals surface area (Å²) in [7, 11) is -4.00. The van der Waals surface area contributed by atoms with E-state index >= 15 is 0 Å². The highest BCUT2D eigenvalue weighted by atomic mass is 32.2. The average Bonchev–Trinajstić information content (AvgIpc) is 2.60. The largest absolute Gasteiger partial charge is 0.264 e. The lowest BCUT2D eigenvalue weighted by Gasteiger charge is -2.25. The highest BCUT2D eigenvalue weighted by molar-refractivity contribution is 7.92. The van der Waals surface area contributed by atoms with Gasteiger partial charge in [-0.2, -0.15) is 0 Å². The van der Waals surface area contributed by atoms with E-state index in [4.69, 9.17) is 0 Å². The highest BCUT2D eigenvalue weighted by Gasteiger charge is 2.25. The van der Waals surface area contributed by atoms with Gasteiger partial charge in [0, 0.05) is 0 Å². The molecule has 134 valence electrons. The van der Waals surface area contributed by atoms with Gasteiger partial charge in [0.25, 0.3) is 10.0 Å². The monoisotopic (exact) mass is 373 g/mol. The molecule has 0 aliphatic heterocycles. The molecule has 3 rings (SSSR count). The molecule has 26 heavy (non-hydrogen) atoms. The molecular formula is C20H17F2NO2S. The molecular weight excluding hydrogens is 356 g/mol. The Labute approximate surface area is 151 Å². The number of anilines is 1. The smallest absolute Gasteiger partial charge is 0.262 e. The van der Waals surface area contributed by atoms with Gasteiger partial charge in [-0.05, 0) is 55.0 Å². The Morgan fingerprint density at radius 3 is 2.19 bits per heavy atom. The van der Waals surface area contributed by atoms with Crippen molar-refractivity contribution in [2.24, 2.45) is 0 Å². The van der Waals surface area contributed by atoms with Gasteiger partial charge in [0.1, 0.15) is 11.6 Å². The molecule has 0 saturated carbocycles. The number of sulfonamides is 1. The van der Waals surface area contributed by atoms with Gasteiger partial charge >= 0.3 is 0 Å². The number of rotatable bonds is 5. The molecule has 3 aromatic rings. The molecule has 0 aliphatic rings. The normalized spacial score (nSPS) is 11.3. The number of hydrogen-bond acceptors (Lipinski definition) is 2. The van der Waals surface area contributed by atoms with Gasteiger partial charge in [-0.1, -0.05) is 35.9 Å². The third-order valence-corrected chi connectivity index (χ3v) is 5.69. The van der Waals surface area contributed by atoms with Crippen LogP contribution in [0.5, 0.6) is 0 Å². The van der Waals surface area contributed by atoms with Crippen LogP contribution < -0.4 is 4.31 Å². The third kappa shape index (κ3) is 3.91. The van der Waals surface area contributed by atoms with E-state index in [0.717, 1.165) is 33.6 Å². The number of aryl methyl sites for hydroxylation is 1. The summed E-state index contributed by atoms with van der Waals surface area (Å²) in [5, 5.41) is 0. The first-order chi connectivity index (χ1) is 12.4. The molecule has 0 aliphatic carbocycles. The maximum atomic E-state index is 13.7. The summed E-state index contributed by atoms with van der Waals surface area (Å²) in [6.07, 6.45) is 0. The molecule has 0 fully saturated rings. The zero-order chi connectivity index (χ0) is 18.7. The molecule has 0 amide bonds. The Bertz CT molecular complexity index is 1020. The minimum absolute atomic E-state index is 0.0326. The van der Waals surface area contributed by atoms with Crippen molar-refractivity contribution < 1.29 is 17.2 Å². The first kappa shape index (κ1) is 18.1. The van der Waals surface area contributed by atoms with Gasteiger partial charge in [0.2, 0.25) is 0 Å². The minimum atomic E-state index is -4.00. The van der Waals surface area contributed by atoms with Gasteiger partial charge in [-0.3, -0.25) is 4.31 Å². The van der Waals surface area contributed by atoms with Crippen molar-refractivity contribution in [1.29, 1.82) is 0 Å². The van der Waals surface area contributed by atoms with Crippen molar-refractivity contribution in [2.75, 3.05) is 4.31 Å². The fourth-order valence-electron chi connectivity index (χ4n) is 2.66. The summed E-state index contributed by atoms with van der Waals surface area (Å²) in [5.41, 5.74) is 1.96. The van der Waals surface area contributed by atoms with Crippen molar-refractivity contribution in [3.05, 3.63) is 95.6 Å². The minimum Gasteiger partial charge on any atom is -0.262 e. The molecule has 0 heterocycles. The first-order valence-corrected chi connectivity index (χ1v) is 9.40. The summed E-state index contributed by atoms with van der Waals surface area (Å²) >= 11 is 0. The molecule has 3 aromatic carbocycles. The van der Waals surface area contributed by atoms with E-state index in [9.17, 15) is 17.2 Å². The molecule has 0 aromatic heterocycles. The predicted octanol–water partition coefficient (Wildman–Crippen LogP) is 4.67. The van der Waals surface area contributed by atoms with Crippen LogP contribution in [0.1, 0.15) is 11.1 Å². The Kier molecular flexibility index (Phi) is 5.04. The number of nitrogens with zero attached hydrogens (tertiary/aromatic N) is 1. The highest BCUT2D eigenvalue weighted by Crippen LogP contribution is 2.27. The van der Waals surface area contributed by atoms with Crippen LogP contribution >= 0.6 is 0 Å². The van der Waals surface area contributed by atoms with Crippen LogP contribution in [0, 0.1) is 18.6 Å². The molecule has 0 unspecified atom stereocenters. The van der Waals surface area contributed by atoms with Crippen LogP contribution in [0.3, 0.4) is 0 Å². The van der Waals surface area contributed by atoms with Crippen LogP contribution in [-0.2, 0) is 16.6 Å². The SMILES string of the molecule is Cc1cccc(CN(c2cccc(F)c2)S(=O)(=O)c2ccc(F)cc2)c1. The second kappa shape index (κ2) is 7.25. The number of benzene rings is 3. The van der Waals surface area contributed by atoms with Crippen molar-refractivity contribution in [2.45, 2.75) is 18.4 Å². The van der Waals surface area contributed by atoms with Crippen LogP contribution in [0.2, 0.25) is 0 Å².